The molecule has 5 heteroatoms. The van der Waals surface area contributed by atoms with Gasteiger partial charge in [-0.2, -0.15) is 0 Å². The number of hydrogen-bond donors (Lipinski definition) is 3. The molecule has 1 fully saturated rings. The monoisotopic (exact) mass is 358 g/mol. The summed E-state index contributed by atoms with van der Waals surface area (Å²) >= 11 is 0. The number of rotatable bonds is 14. The van der Waals surface area contributed by atoms with Crippen molar-refractivity contribution in [2.75, 3.05) is 19.8 Å². The van der Waals surface area contributed by atoms with E-state index in [1.807, 2.05) is 0 Å². The minimum Gasteiger partial charge on any atom is -0.394 e. The van der Waals surface area contributed by atoms with Crippen LogP contribution in [0.1, 0.15) is 71.1 Å². The van der Waals surface area contributed by atoms with Crippen LogP contribution in [0, 0.1) is 0 Å². The Labute approximate surface area is 153 Å². The van der Waals surface area contributed by atoms with Gasteiger partial charge < -0.3 is 24.8 Å². The van der Waals surface area contributed by atoms with Crippen molar-refractivity contribution in [3.05, 3.63) is 12.2 Å². The van der Waals surface area contributed by atoms with Crippen LogP contribution in [0.2, 0.25) is 0 Å². The van der Waals surface area contributed by atoms with Crippen molar-refractivity contribution in [3.8, 4) is 0 Å². The van der Waals surface area contributed by atoms with E-state index in [0.29, 0.717) is 6.61 Å². The molecule has 0 aromatic rings. The summed E-state index contributed by atoms with van der Waals surface area (Å²) in [5.74, 6) is 0. The molecule has 4 atom stereocenters. The Kier molecular flexibility index (Phi) is 13.3. The van der Waals surface area contributed by atoms with E-state index in [2.05, 4.69) is 19.1 Å². The lowest BCUT2D eigenvalue weighted by Gasteiger charge is -2.37. The Morgan fingerprint density at radius 2 is 1.60 bits per heavy atom. The fourth-order valence-corrected chi connectivity index (χ4v) is 3.09. The van der Waals surface area contributed by atoms with E-state index in [9.17, 15) is 15.3 Å². The van der Waals surface area contributed by atoms with Crippen molar-refractivity contribution in [2.24, 2.45) is 0 Å². The Bertz CT molecular complexity index is 332. The van der Waals surface area contributed by atoms with Crippen LogP contribution in [0.15, 0.2) is 12.2 Å². The SMILES string of the molecule is CCCCCCCCC/C=C/CCCO[C@@H]1[C@@H](O)[C@H](O)CO[C@H]1CO. The first kappa shape index (κ1) is 22.6. The Hall–Kier alpha value is -0.460. The van der Waals surface area contributed by atoms with E-state index < -0.39 is 24.4 Å². The lowest BCUT2D eigenvalue weighted by atomic mass is 10.0. The maximum Gasteiger partial charge on any atom is 0.114 e. The quantitative estimate of drug-likeness (QED) is 0.329. The Morgan fingerprint density at radius 1 is 0.960 bits per heavy atom. The van der Waals surface area contributed by atoms with E-state index in [-0.39, 0.29) is 13.2 Å². The second kappa shape index (κ2) is 14.7. The lowest BCUT2D eigenvalue weighted by Crippen LogP contribution is -2.55. The molecule has 5 nitrogen and oxygen atoms in total. The van der Waals surface area contributed by atoms with Crippen LogP contribution >= 0.6 is 0 Å². The molecule has 148 valence electrons. The third-order valence-corrected chi connectivity index (χ3v) is 4.72. The summed E-state index contributed by atoms with van der Waals surface area (Å²) in [5, 5.41) is 28.8. The summed E-state index contributed by atoms with van der Waals surface area (Å²) in [6.07, 6.45) is 13.5. The van der Waals surface area contributed by atoms with E-state index in [1.165, 1.54) is 44.9 Å². The summed E-state index contributed by atoms with van der Waals surface area (Å²) in [5.41, 5.74) is 0. The number of aliphatic hydroxyl groups is 3. The van der Waals surface area contributed by atoms with Gasteiger partial charge in [-0.1, -0.05) is 57.6 Å². The molecule has 3 N–H and O–H groups in total. The van der Waals surface area contributed by atoms with Gasteiger partial charge in [0, 0.05) is 6.61 Å². The van der Waals surface area contributed by atoms with E-state index >= 15 is 0 Å². The zero-order chi connectivity index (χ0) is 18.3. The van der Waals surface area contributed by atoms with Gasteiger partial charge in [0.2, 0.25) is 0 Å². The molecule has 1 rings (SSSR count). The van der Waals surface area contributed by atoms with Crippen LogP contribution in [0.25, 0.3) is 0 Å². The molecule has 0 unspecified atom stereocenters. The Morgan fingerprint density at radius 3 is 2.28 bits per heavy atom. The fourth-order valence-electron chi connectivity index (χ4n) is 3.09. The molecule has 0 saturated carbocycles. The zero-order valence-corrected chi connectivity index (χ0v) is 15.8. The molecule has 0 spiro atoms. The number of aliphatic hydroxyl groups excluding tert-OH is 3. The summed E-state index contributed by atoms with van der Waals surface area (Å²) in [7, 11) is 0. The van der Waals surface area contributed by atoms with E-state index in [1.54, 1.807) is 0 Å². The molecule has 0 amide bonds. The number of unbranched alkanes of at least 4 members (excludes halogenated alkanes) is 8. The molecule has 0 bridgehead atoms. The minimum atomic E-state index is -1.00. The third-order valence-electron chi connectivity index (χ3n) is 4.72. The van der Waals surface area contributed by atoms with Crippen LogP contribution in [0.4, 0.5) is 0 Å². The second-order valence-corrected chi connectivity index (χ2v) is 6.97. The highest BCUT2D eigenvalue weighted by Gasteiger charge is 2.39. The zero-order valence-electron chi connectivity index (χ0n) is 15.8. The Balaban J connectivity index is 2.00. The lowest BCUT2D eigenvalue weighted by molar-refractivity contribution is -0.211. The standard InChI is InChI=1S/C20H38O5/c1-2-3-4-5-6-7-8-9-10-11-12-13-14-24-20-18(15-21)25-16-17(22)19(20)23/h10-11,17-23H,2-9,12-16H2,1H3/b11-10+/t17-,18+,19+,20+/m1/s1. The van der Waals surface area contributed by atoms with Gasteiger partial charge in [0.15, 0.2) is 0 Å². The molecule has 1 aliphatic heterocycles. The van der Waals surface area contributed by atoms with Crippen LogP contribution in [-0.2, 0) is 9.47 Å². The van der Waals surface area contributed by atoms with Crippen molar-refractivity contribution in [1.82, 2.24) is 0 Å². The van der Waals surface area contributed by atoms with Crippen molar-refractivity contribution in [1.29, 1.82) is 0 Å². The minimum absolute atomic E-state index is 0.0353. The highest BCUT2D eigenvalue weighted by molar-refractivity contribution is 4.88. The number of ether oxygens (including phenoxy) is 2. The van der Waals surface area contributed by atoms with Crippen LogP contribution < -0.4 is 0 Å². The molecule has 1 heterocycles. The molecule has 1 aliphatic rings. The number of hydrogen-bond acceptors (Lipinski definition) is 5. The van der Waals surface area contributed by atoms with Crippen LogP contribution in [0.5, 0.6) is 0 Å². The molecular weight excluding hydrogens is 320 g/mol. The smallest absolute Gasteiger partial charge is 0.114 e. The predicted octanol–water partition coefficient (Wildman–Crippen LogP) is 2.96. The number of allylic oxidation sites excluding steroid dienone is 2. The van der Waals surface area contributed by atoms with E-state index in [0.717, 1.165) is 19.3 Å². The van der Waals surface area contributed by atoms with Gasteiger partial charge in [0.05, 0.1) is 13.2 Å². The summed E-state index contributed by atoms with van der Waals surface area (Å²) in [6, 6.07) is 0. The van der Waals surface area contributed by atoms with Crippen molar-refractivity contribution >= 4 is 0 Å². The highest BCUT2D eigenvalue weighted by Crippen LogP contribution is 2.19. The second-order valence-electron chi connectivity index (χ2n) is 6.97. The fraction of sp³-hybridized carbons (Fsp3) is 0.900. The van der Waals surface area contributed by atoms with E-state index in [4.69, 9.17) is 9.47 Å². The van der Waals surface area contributed by atoms with Crippen LogP contribution in [0.3, 0.4) is 0 Å². The average molecular weight is 359 g/mol. The summed E-state index contributed by atoms with van der Waals surface area (Å²) < 4.78 is 10.9. The van der Waals surface area contributed by atoms with Gasteiger partial charge in [-0.3, -0.25) is 0 Å². The molecule has 1 saturated heterocycles. The van der Waals surface area contributed by atoms with Gasteiger partial charge in [-0.05, 0) is 25.7 Å². The van der Waals surface area contributed by atoms with Crippen molar-refractivity contribution < 1.29 is 24.8 Å². The molecule has 0 aliphatic carbocycles. The molecular formula is C20H38O5. The summed E-state index contributed by atoms with van der Waals surface area (Å²) in [6.45, 7) is 2.55. The molecule has 0 aromatic heterocycles. The average Bonchev–Trinajstić information content (AvgIpc) is 2.62. The van der Waals surface area contributed by atoms with Crippen molar-refractivity contribution in [3.63, 3.8) is 0 Å². The van der Waals surface area contributed by atoms with Crippen molar-refractivity contribution in [2.45, 2.75) is 95.5 Å². The molecule has 0 radical (unpaired) electrons. The van der Waals surface area contributed by atoms with Gasteiger partial charge in [-0.25, -0.2) is 0 Å². The maximum absolute atomic E-state index is 9.95. The molecule has 0 aromatic carbocycles. The van der Waals surface area contributed by atoms with Gasteiger partial charge in [-0.15, -0.1) is 0 Å². The van der Waals surface area contributed by atoms with Crippen LogP contribution in [-0.4, -0.2) is 59.6 Å². The molecule has 25 heavy (non-hydrogen) atoms. The summed E-state index contributed by atoms with van der Waals surface area (Å²) in [4.78, 5) is 0. The largest absolute Gasteiger partial charge is 0.394 e. The van der Waals surface area contributed by atoms with Gasteiger partial charge >= 0.3 is 0 Å². The normalized spacial score (nSPS) is 27.2. The first-order valence-corrected chi connectivity index (χ1v) is 10.1. The van der Waals surface area contributed by atoms with Gasteiger partial charge in [0.25, 0.3) is 0 Å². The topological polar surface area (TPSA) is 79.2 Å². The predicted molar refractivity (Wildman–Crippen MR) is 99.6 cm³/mol. The first-order valence-electron chi connectivity index (χ1n) is 10.1. The van der Waals surface area contributed by atoms with Gasteiger partial charge in [0.1, 0.15) is 24.4 Å². The maximum atomic E-state index is 9.95. The third kappa shape index (κ3) is 9.71. The highest BCUT2D eigenvalue weighted by atomic mass is 16.6. The first-order chi connectivity index (χ1) is 12.2.